The first-order valence-electron chi connectivity index (χ1n) is 6.31. The molecule has 0 amide bonds. The summed E-state index contributed by atoms with van der Waals surface area (Å²) < 4.78 is 26.6. The van der Waals surface area contributed by atoms with E-state index >= 15 is 0 Å². The number of H-pyrrole nitrogens is 1. The Kier molecular flexibility index (Phi) is 3.12. The molecule has 0 aromatic carbocycles. The van der Waals surface area contributed by atoms with Gasteiger partial charge in [-0.15, -0.1) is 0 Å². The molecule has 2 aliphatic heterocycles. The molecule has 2 fully saturated rings. The van der Waals surface area contributed by atoms with Crippen LogP contribution in [-0.4, -0.2) is 61.0 Å². The zero-order valence-electron chi connectivity index (χ0n) is 10.8. The van der Waals surface area contributed by atoms with E-state index in [0.717, 1.165) is 25.9 Å². The zero-order valence-corrected chi connectivity index (χ0v) is 12.3. The third-order valence-electron chi connectivity index (χ3n) is 4.21. The van der Waals surface area contributed by atoms with Gasteiger partial charge in [0.05, 0.1) is 6.20 Å². The largest absolute Gasteiger partial charge is 0.306 e. The van der Waals surface area contributed by atoms with Gasteiger partial charge >= 0.3 is 0 Å². The van der Waals surface area contributed by atoms with Gasteiger partial charge in [-0.25, -0.2) is 8.42 Å². The average Bonchev–Trinajstić information content (AvgIpc) is 3.02. The van der Waals surface area contributed by atoms with Crippen LogP contribution in [0, 0.1) is 5.41 Å². The van der Waals surface area contributed by atoms with Gasteiger partial charge in [0.25, 0.3) is 0 Å². The SMILES string of the molecule is CN1CCC2(CCN(S(=O)(=O)c3cn[nH]c3Cl)C2)C1. The molecule has 0 radical (unpaired) electrons. The number of sulfonamides is 1. The lowest BCUT2D eigenvalue weighted by atomic mass is 9.87. The van der Waals surface area contributed by atoms with Crippen molar-refractivity contribution >= 4 is 21.6 Å². The average molecular weight is 305 g/mol. The van der Waals surface area contributed by atoms with Gasteiger partial charge in [0, 0.05) is 19.6 Å². The summed E-state index contributed by atoms with van der Waals surface area (Å²) in [7, 11) is -1.44. The normalized spacial score (nSPS) is 29.6. The molecule has 0 bridgehead atoms. The molecule has 1 spiro atoms. The van der Waals surface area contributed by atoms with Crippen LogP contribution in [0.15, 0.2) is 11.1 Å². The van der Waals surface area contributed by atoms with Crippen LogP contribution in [0.5, 0.6) is 0 Å². The molecule has 1 atom stereocenters. The minimum Gasteiger partial charge on any atom is -0.306 e. The van der Waals surface area contributed by atoms with Gasteiger partial charge in [0.15, 0.2) is 0 Å². The Morgan fingerprint density at radius 1 is 1.37 bits per heavy atom. The fourth-order valence-electron chi connectivity index (χ4n) is 3.17. The van der Waals surface area contributed by atoms with Crippen molar-refractivity contribution in [2.75, 3.05) is 33.2 Å². The maximum absolute atomic E-state index is 12.5. The first-order valence-corrected chi connectivity index (χ1v) is 8.12. The lowest BCUT2D eigenvalue weighted by Gasteiger charge is -2.23. The van der Waals surface area contributed by atoms with Crippen LogP contribution in [-0.2, 0) is 10.0 Å². The van der Waals surface area contributed by atoms with Gasteiger partial charge in [-0.05, 0) is 31.8 Å². The van der Waals surface area contributed by atoms with Crippen molar-refractivity contribution in [3.63, 3.8) is 0 Å². The van der Waals surface area contributed by atoms with Gasteiger partial charge in [0.1, 0.15) is 10.0 Å². The number of aromatic nitrogens is 2. The van der Waals surface area contributed by atoms with Crippen LogP contribution in [0.3, 0.4) is 0 Å². The Bertz CT molecular complexity index is 587. The molecule has 2 aliphatic rings. The van der Waals surface area contributed by atoms with E-state index in [1.54, 1.807) is 4.31 Å². The summed E-state index contributed by atoms with van der Waals surface area (Å²) in [6, 6.07) is 0. The molecule has 0 saturated carbocycles. The standard InChI is InChI=1S/C11H17ClN4O2S/c1-15-4-2-11(7-15)3-5-16(8-11)19(17,18)9-6-13-14-10(9)12/h6H,2-5,7-8H2,1H3,(H,13,14). The minimum absolute atomic E-state index is 0.0811. The van der Waals surface area contributed by atoms with Crippen molar-refractivity contribution in [2.45, 2.75) is 17.7 Å². The zero-order chi connectivity index (χ0) is 13.7. The first-order chi connectivity index (χ1) is 8.93. The van der Waals surface area contributed by atoms with Crippen LogP contribution in [0.4, 0.5) is 0 Å². The second kappa shape index (κ2) is 4.44. The Hall–Kier alpha value is -0.630. The molecule has 3 rings (SSSR count). The number of hydrogen-bond donors (Lipinski definition) is 1. The molecular formula is C11H17ClN4O2S. The number of halogens is 1. The van der Waals surface area contributed by atoms with E-state index in [9.17, 15) is 8.42 Å². The number of nitrogens with zero attached hydrogens (tertiary/aromatic N) is 3. The van der Waals surface area contributed by atoms with Gasteiger partial charge in [-0.2, -0.15) is 9.40 Å². The topological polar surface area (TPSA) is 69.3 Å². The van der Waals surface area contributed by atoms with E-state index < -0.39 is 10.0 Å². The maximum Gasteiger partial charge on any atom is 0.247 e. The minimum atomic E-state index is -3.52. The Labute approximate surface area is 117 Å². The Balaban J connectivity index is 1.84. The van der Waals surface area contributed by atoms with Gasteiger partial charge in [0.2, 0.25) is 10.0 Å². The number of likely N-dealkylation sites (tertiary alicyclic amines) is 1. The summed E-state index contributed by atoms with van der Waals surface area (Å²) in [6.45, 7) is 3.16. The fraction of sp³-hybridized carbons (Fsp3) is 0.727. The summed E-state index contributed by atoms with van der Waals surface area (Å²) in [6.07, 6.45) is 3.27. The van der Waals surface area contributed by atoms with Crippen molar-refractivity contribution in [3.05, 3.63) is 11.3 Å². The smallest absolute Gasteiger partial charge is 0.247 e. The van der Waals surface area contributed by atoms with Crippen molar-refractivity contribution in [1.82, 2.24) is 19.4 Å². The second-order valence-corrected chi connectivity index (χ2v) is 7.91. The monoisotopic (exact) mass is 304 g/mol. The number of hydrogen-bond acceptors (Lipinski definition) is 4. The van der Waals surface area contributed by atoms with Gasteiger partial charge in [-0.1, -0.05) is 11.6 Å². The summed E-state index contributed by atoms with van der Waals surface area (Å²) >= 11 is 5.84. The highest BCUT2D eigenvalue weighted by atomic mass is 35.5. The number of aromatic amines is 1. The van der Waals surface area contributed by atoms with Gasteiger partial charge in [-0.3, -0.25) is 5.10 Å². The molecule has 3 heterocycles. The van der Waals surface area contributed by atoms with Gasteiger partial charge < -0.3 is 4.90 Å². The van der Waals surface area contributed by atoms with Crippen molar-refractivity contribution < 1.29 is 8.42 Å². The van der Waals surface area contributed by atoms with E-state index in [-0.39, 0.29) is 15.5 Å². The first kappa shape index (κ1) is 13.4. The van der Waals surface area contributed by atoms with E-state index in [2.05, 4.69) is 22.1 Å². The second-order valence-electron chi connectivity index (χ2n) is 5.62. The lowest BCUT2D eigenvalue weighted by Crippen LogP contribution is -2.33. The molecule has 1 aromatic rings. The molecule has 1 N–H and O–H groups in total. The van der Waals surface area contributed by atoms with Crippen LogP contribution < -0.4 is 0 Å². The fourth-order valence-corrected chi connectivity index (χ4v) is 5.07. The van der Waals surface area contributed by atoms with E-state index in [1.165, 1.54) is 6.20 Å². The molecule has 1 aromatic heterocycles. The predicted molar refractivity (Wildman–Crippen MR) is 71.5 cm³/mol. The van der Waals surface area contributed by atoms with Crippen LogP contribution >= 0.6 is 11.6 Å². The third kappa shape index (κ3) is 2.18. The summed E-state index contributed by atoms with van der Waals surface area (Å²) in [5.41, 5.74) is 0.123. The van der Waals surface area contributed by atoms with Crippen molar-refractivity contribution in [2.24, 2.45) is 5.41 Å². The molecule has 2 saturated heterocycles. The van der Waals surface area contributed by atoms with Crippen LogP contribution in [0.1, 0.15) is 12.8 Å². The van der Waals surface area contributed by atoms with Crippen molar-refractivity contribution in [1.29, 1.82) is 0 Å². The summed E-state index contributed by atoms with van der Waals surface area (Å²) in [5.74, 6) is 0. The molecule has 1 unspecified atom stereocenters. The Morgan fingerprint density at radius 2 is 2.11 bits per heavy atom. The highest BCUT2D eigenvalue weighted by Crippen LogP contribution is 2.41. The molecule has 106 valence electrons. The van der Waals surface area contributed by atoms with E-state index in [1.807, 2.05) is 0 Å². The maximum atomic E-state index is 12.5. The molecule has 8 heteroatoms. The summed E-state index contributed by atoms with van der Waals surface area (Å²) in [4.78, 5) is 2.35. The third-order valence-corrected chi connectivity index (χ3v) is 6.47. The predicted octanol–water partition coefficient (Wildman–Crippen LogP) is 0.779. The number of nitrogens with one attached hydrogen (secondary N) is 1. The number of rotatable bonds is 2. The quantitative estimate of drug-likeness (QED) is 0.876. The molecular weight excluding hydrogens is 288 g/mol. The molecule has 6 nitrogen and oxygen atoms in total. The van der Waals surface area contributed by atoms with Crippen LogP contribution in [0.2, 0.25) is 5.15 Å². The lowest BCUT2D eigenvalue weighted by molar-refractivity contribution is 0.294. The summed E-state index contributed by atoms with van der Waals surface area (Å²) in [5, 5.41) is 6.24. The van der Waals surface area contributed by atoms with E-state index in [4.69, 9.17) is 11.6 Å². The molecule has 19 heavy (non-hydrogen) atoms. The Morgan fingerprint density at radius 3 is 2.68 bits per heavy atom. The van der Waals surface area contributed by atoms with E-state index in [0.29, 0.717) is 13.1 Å². The van der Waals surface area contributed by atoms with Crippen LogP contribution in [0.25, 0.3) is 0 Å². The highest BCUT2D eigenvalue weighted by molar-refractivity contribution is 7.89. The molecule has 0 aliphatic carbocycles. The van der Waals surface area contributed by atoms with Crippen molar-refractivity contribution in [3.8, 4) is 0 Å². The highest BCUT2D eigenvalue weighted by Gasteiger charge is 2.46.